The van der Waals surface area contributed by atoms with Crippen molar-refractivity contribution in [3.8, 4) is 5.88 Å². The Kier molecular flexibility index (Phi) is 3.31. The van der Waals surface area contributed by atoms with Crippen molar-refractivity contribution in [3.05, 3.63) is 30.4 Å². The van der Waals surface area contributed by atoms with E-state index in [-0.39, 0.29) is 0 Å². The van der Waals surface area contributed by atoms with Gasteiger partial charge in [0.05, 0.1) is 7.11 Å². The average Bonchev–Trinajstić information content (AvgIpc) is 3.02. The number of anilines is 1. The van der Waals surface area contributed by atoms with Crippen molar-refractivity contribution in [2.24, 2.45) is 0 Å². The van der Waals surface area contributed by atoms with Gasteiger partial charge in [0.25, 0.3) is 5.88 Å². The predicted octanol–water partition coefficient (Wildman–Crippen LogP) is 1.59. The summed E-state index contributed by atoms with van der Waals surface area (Å²) in [6, 6.07) is 2.06. The second-order valence-corrected chi connectivity index (χ2v) is 4.66. The fourth-order valence-corrected chi connectivity index (χ4v) is 2.58. The molecule has 1 fully saturated rings. The Balaban J connectivity index is 1.70. The summed E-state index contributed by atoms with van der Waals surface area (Å²) in [4.78, 5) is 10.8. The fourth-order valence-electron chi connectivity index (χ4n) is 2.58. The molecule has 3 heterocycles. The number of H-pyrrole nitrogens is 1. The fraction of sp³-hybridized carbons (Fsp3) is 0.462. The van der Waals surface area contributed by atoms with E-state index in [0.29, 0.717) is 11.8 Å². The SMILES string of the molecule is COc1nccnc1N1CCC(c2ccn[nH]2)CC1. The Morgan fingerprint density at radius 1 is 1.21 bits per heavy atom. The van der Waals surface area contributed by atoms with Crippen molar-refractivity contribution < 1.29 is 4.74 Å². The van der Waals surface area contributed by atoms with Gasteiger partial charge in [-0.2, -0.15) is 5.10 Å². The largest absolute Gasteiger partial charge is 0.478 e. The summed E-state index contributed by atoms with van der Waals surface area (Å²) in [5.74, 6) is 2.00. The maximum atomic E-state index is 5.27. The van der Waals surface area contributed by atoms with Gasteiger partial charge in [0.1, 0.15) is 0 Å². The molecule has 1 saturated heterocycles. The smallest absolute Gasteiger partial charge is 0.257 e. The zero-order valence-electron chi connectivity index (χ0n) is 10.9. The van der Waals surface area contributed by atoms with Crippen LogP contribution in [-0.2, 0) is 0 Å². The lowest BCUT2D eigenvalue weighted by Gasteiger charge is -2.32. The van der Waals surface area contributed by atoms with Crippen molar-refractivity contribution in [1.82, 2.24) is 20.2 Å². The molecule has 2 aromatic heterocycles. The van der Waals surface area contributed by atoms with Crippen LogP contribution >= 0.6 is 0 Å². The van der Waals surface area contributed by atoms with Crippen LogP contribution in [0.2, 0.25) is 0 Å². The number of rotatable bonds is 3. The Bertz CT molecular complexity index is 520. The van der Waals surface area contributed by atoms with Crippen molar-refractivity contribution >= 4 is 5.82 Å². The highest BCUT2D eigenvalue weighted by atomic mass is 16.5. The van der Waals surface area contributed by atoms with E-state index in [0.717, 1.165) is 31.7 Å². The lowest BCUT2D eigenvalue weighted by molar-refractivity contribution is 0.391. The molecule has 1 aliphatic rings. The monoisotopic (exact) mass is 259 g/mol. The van der Waals surface area contributed by atoms with Crippen LogP contribution in [-0.4, -0.2) is 40.4 Å². The molecule has 0 spiro atoms. The minimum atomic E-state index is 0.557. The Morgan fingerprint density at radius 3 is 2.68 bits per heavy atom. The molecule has 0 aliphatic carbocycles. The Labute approximate surface area is 111 Å². The van der Waals surface area contributed by atoms with Crippen molar-refractivity contribution in [2.45, 2.75) is 18.8 Å². The second kappa shape index (κ2) is 5.26. The first-order valence-electron chi connectivity index (χ1n) is 6.47. The summed E-state index contributed by atoms with van der Waals surface area (Å²) in [6.07, 6.45) is 7.34. The first kappa shape index (κ1) is 12.0. The molecule has 0 aromatic carbocycles. The number of hydrogen-bond donors (Lipinski definition) is 1. The first-order valence-corrected chi connectivity index (χ1v) is 6.47. The van der Waals surface area contributed by atoms with Gasteiger partial charge in [0, 0.05) is 43.3 Å². The molecule has 100 valence electrons. The third-order valence-electron chi connectivity index (χ3n) is 3.60. The number of nitrogens with zero attached hydrogens (tertiary/aromatic N) is 4. The molecule has 0 saturated carbocycles. The standard InChI is InChI=1S/C13H17N5O/c1-19-13-12(14-6-7-15-13)18-8-3-10(4-9-18)11-2-5-16-17-11/h2,5-7,10H,3-4,8-9H2,1H3,(H,16,17). The highest BCUT2D eigenvalue weighted by molar-refractivity contribution is 5.48. The van der Waals surface area contributed by atoms with Gasteiger partial charge in [-0.25, -0.2) is 9.97 Å². The summed E-state index contributed by atoms with van der Waals surface area (Å²) >= 11 is 0. The number of methoxy groups -OCH3 is 1. The zero-order chi connectivity index (χ0) is 13.1. The van der Waals surface area contributed by atoms with Crippen LogP contribution in [0.15, 0.2) is 24.7 Å². The van der Waals surface area contributed by atoms with E-state index in [9.17, 15) is 0 Å². The number of hydrogen-bond acceptors (Lipinski definition) is 5. The van der Waals surface area contributed by atoms with Crippen LogP contribution in [0.5, 0.6) is 5.88 Å². The maximum absolute atomic E-state index is 5.27. The van der Waals surface area contributed by atoms with Crippen molar-refractivity contribution in [1.29, 1.82) is 0 Å². The van der Waals surface area contributed by atoms with E-state index in [2.05, 4.69) is 31.1 Å². The summed E-state index contributed by atoms with van der Waals surface area (Å²) < 4.78 is 5.27. The van der Waals surface area contributed by atoms with Gasteiger partial charge in [0.15, 0.2) is 5.82 Å². The molecule has 1 aliphatic heterocycles. The summed E-state index contributed by atoms with van der Waals surface area (Å²) in [5, 5.41) is 7.08. The van der Waals surface area contributed by atoms with Gasteiger partial charge >= 0.3 is 0 Å². The number of aromatic nitrogens is 4. The van der Waals surface area contributed by atoms with Crippen LogP contribution in [0.4, 0.5) is 5.82 Å². The molecule has 0 atom stereocenters. The molecular weight excluding hydrogens is 242 g/mol. The molecule has 1 N–H and O–H groups in total. The molecule has 0 amide bonds. The van der Waals surface area contributed by atoms with Gasteiger partial charge in [-0.15, -0.1) is 0 Å². The summed E-state index contributed by atoms with van der Waals surface area (Å²) in [5.41, 5.74) is 1.23. The van der Waals surface area contributed by atoms with Gasteiger partial charge in [-0.05, 0) is 18.9 Å². The third kappa shape index (κ3) is 2.38. The molecule has 0 bridgehead atoms. The highest BCUT2D eigenvalue weighted by Crippen LogP contribution is 2.31. The van der Waals surface area contributed by atoms with Gasteiger partial charge in [-0.3, -0.25) is 5.10 Å². The van der Waals surface area contributed by atoms with Crippen LogP contribution < -0.4 is 9.64 Å². The van der Waals surface area contributed by atoms with Crippen LogP contribution in [0.3, 0.4) is 0 Å². The lowest BCUT2D eigenvalue weighted by atomic mass is 9.94. The van der Waals surface area contributed by atoms with Crippen LogP contribution in [0.1, 0.15) is 24.5 Å². The molecule has 0 unspecified atom stereocenters. The first-order chi connectivity index (χ1) is 9.38. The lowest BCUT2D eigenvalue weighted by Crippen LogP contribution is -2.34. The normalized spacial score (nSPS) is 16.6. The summed E-state index contributed by atoms with van der Waals surface area (Å²) in [6.45, 7) is 1.91. The number of ether oxygens (including phenoxy) is 1. The van der Waals surface area contributed by atoms with Gasteiger partial charge in [0.2, 0.25) is 0 Å². The van der Waals surface area contributed by atoms with E-state index < -0.39 is 0 Å². The quantitative estimate of drug-likeness (QED) is 0.906. The number of aromatic amines is 1. The predicted molar refractivity (Wildman–Crippen MR) is 71.4 cm³/mol. The molecule has 6 heteroatoms. The number of nitrogens with one attached hydrogen (secondary N) is 1. The minimum absolute atomic E-state index is 0.557. The Hall–Kier alpha value is -2.11. The maximum Gasteiger partial charge on any atom is 0.257 e. The van der Waals surface area contributed by atoms with Crippen molar-refractivity contribution in [3.63, 3.8) is 0 Å². The topological polar surface area (TPSA) is 66.9 Å². The van der Waals surface area contributed by atoms with Crippen molar-refractivity contribution in [2.75, 3.05) is 25.1 Å². The van der Waals surface area contributed by atoms with Gasteiger partial charge in [-0.1, -0.05) is 0 Å². The van der Waals surface area contributed by atoms with E-state index >= 15 is 0 Å². The number of piperidine rings is 1. The van der Waals surface area contributed by atoms with Gasteiger partial charge < -0.3 is 9.64 Å². The molecule has 19 heavy (non-hydrogen) atoms. The van der Waals surface area contributed by atoms with E-state index in [1.54, 1.807) is 19.5 Å². The average molecular weight is 259 g/mol. The van der Waals surface area contributed by atoms with Crippen LogP contribution in [0, 0.1) is 0 Å². The minimum Gasteiger partial charge on any atom is -0.478 e. The molecular formula is C13H17N5O. The molecule has 3 rings (SSSR count). The summed E-state index contributed by atoms with van der Waals surface area (Å²) in [7, 11) is 1.63. The Morgan fingerprint density at radius 2 is 2.00 bits per heavy atom. The second-order valence-electron chi connectivity index (χ2n) is 4.66. The molecule has 2 aromatic rings. The van der Waals surface area contributed by atoms with E-state index in [4.69, 9.17) is 4.74 Å². The van der Waals surface area contributed by atoms with Crippen LogP contribution in [0.25, 0.3) is 0 Å². The zero-order valence-corrected chi connectivity index (χ0v) is 10.9. The van der Waals surface area contributed by atoms with E-state index in [1.807, 2.05) is 6.20 Å². The molecule has 0 radical (unpaired) electrons. The highest BCUT2D eigenvalue weighted by Gasteiger charge is 2.24. The van der Waals surface area contributed by atoms with E-state index in [1.165, 1.54) is 5.69 Å². The molecule has 6 nitrogen and oxygen atoms in total. The third-order valence-corrected chi connectivity index (χ3v) is 3.60.